The zero-order valence-electron chi connectivity index (χ0n) is 12.9. The number of nitrogens with one attached hydrogen (secondary N) is 1. The van der Waals surface area contributed by atoms with Crippen molar-refractivity contribution in [2.75, 3.05) is 33.2 Å². The summed E-state index contributed by atoms with van der Waals surface area (Å²) in [7, 11) is 2.26. The Hall–Kier alpha value is -0.120. The summed E-state index contributed by atoms with van der Waals surface area (Å²) in [5, 5.41) is 3.73. The lowest BCUT2D eigenvalue weighted by atomic mass is 9.84. The van der Waals surface area contributed by atoms with E-state index in [2.05, 4.69) is 49.9 Å². The van der Waals surface area contributed by atoms with E-state index in [9.17, 15) is 0 Å². The van der Waals surface area contributed by atoms with Gasteiger partial charge in [-0.15, -0.1) is 0 Å². The summed E-state index contributed by atoms with van der Waals surface area (Å²) in [6, 6.07) is 2.08. The van der Waals surface area contributed by atoms with Crippen LogP contribution in [0.4, 0.5) is 0 Å². The second-order valence-corrected chi connectivity index (χ2v) is 7.43. The second kappa shape index (κ2) is 5.48. The maximum absolute atomic E-state index is 3.73. The van der Waals surface area contributed by atoms with Crippen LogP contribution in [-0.2, 0) is 0 Å². The molecule has 0 amide bonds. The van der Waals surface area contributed by atoms with E-state index in [1.165, 1.54) is 32.5 Å². The molecule has 18 heavy (non-hydrogen) atoms. The van der Waals surface area contributed by atoms with E-state index in [0.717, 1.165) is 12.6 Å². The van der Waals surface area contributed by atoms with Crippen LogP contribution in [0.2, 0.25) is 0 Å². The van der Waals surface area contributed by atoms with Crippen LogP contribution in [0.1, 0.15) is 40.5 Å². The summed E-state index contributed by atoms with van der Waals surface area (Å²) < 4.78 is 0. The molecule has 3 nitrogen and oxygen atoms in total. The maximum atomic E-state index is 3.73. The van der Waals surface area contributed by atoms with Gasteiger partial charge in [-0.1, -0.05) is 20.8 Å². The number of hydrogen-bond acceptors (Lipinski definition) is 3. The van der Waals surface area contributed by atoms with Crippen molar-refractivity contribution in [1.82, 2.24) is 15.1 Å². The molecule has 1 N–H and O–H groups in total. The Labute approximate surface area is 113 Å². The van der Waals surface area contributed by atoms with Crippen molar-refractivity contribution < 1.29 is 0 Å². The van der Waals surface area contributed by atoms with E-state index >= 15 is 0 Å². The Kier molecular flexibility index (Phi) is 4.35. The number of nitrogens with zero attached hydrogens (tertiary/aromatic N) is 2. The quantitative estimate of drug-likeness (QED) is 0.768. The topological polar surface area (TPSA) is 18.5 Å². The average Bonchev–Trinajstić information content (AvgIpc) is 2.28. The third-order valence-electron chi connectivity index (χ3n) is 4.73. The molecular weight excluding hydrogens is 222 g/mol. The van der Waals surface area contributed by atoms with Gasteiger partial charge in [-0.3, -0.25) is 4.90 Å². The Balaban J connectivity index is 2.01. The normalized spacial score (nSPS) is 36.8. The van der Waals surface area contributed by atoms with Crippen LogP contribution in [0.5, 0.6) is 0 Å². The first kappa shape index (κ1) is 14.3. The molecule has 0 aromatic rings. The van der Waals surface area contributed by atoms with Gasteiger partial charge in [0.25, 0.3) is 0 Å². The molecule has 106 valence electrons. The summed E-state index contributed by atoms with van der Waals surface area (Å²) >= 11 is 0. The van der Waals surface area contributed by atoms with Crippen LogP contribution in [0, 0.1) is 5.41 Å². The highest BCUT2D eigenvalue weighted by Gasteiger charge is 2.36. The molecule has 0 bridgehead atoms. The number of hydrogen-bond donors (Lipinski definition) is 1. The van der Waals surface area contributed by atoms with Crippen molar-refractivity contribution >= 4 is 0 Å². The van der Waals surface area contributed by atoms with Crippen LogP contribution in [0.25, 0.3) is 0 Å². The zero-order chi connectivity index (χ0) is 13.3. The molecule has 2 aliphatic rings. The monoisotopic (exact) mass is 253 g/mol. The first-order chi connectivity index (χ1) is 8.38. The predicted octanol–water partition coefficient (Wildman–Crippen LogP) is 1.79. The molecule has 2 fully saturated rings. The summed E-state index contributed by atoms with van der Waals surface area (Å²) in [6.07, 6.45) is 2.74. The van der Waals surface area contributed by atoms with Gasteiger partial charge in [0.2, 0.25) is 0 Å². The lowest BCUT2D eigenvalue weighted by molar-refractivity contribution is 0.0273. The molecule has 2 saturated heterocycles. The Morgan fingerprint density at radius 2 is 1.89 bits per heavy atom. The van der Waals surface area contributed by atoms with Crippen molar-refractivity contribution in [1.29, 1.82) is 0 Å². The lowest BCUT2D eigenvalue weighted by Gasteiger charge is -2.49. The van der Waals surface area contributed by atoms with Gasteiger partial charge < -0.3 is 10.2 Å². The minimum Gasteiger partial charge on any atom is -0.311 e. The van der Waals surface area contributed by atoms with E-state index in [0.29, 0.717) is 17.5 Å². The fourth-order valence-corrected chi connectivity index (χ4v) is 3.38. The second-order valence-electron chi connectivity index (χ2n) is 7.43. The molecule has 0 saturated carbocycles. The lowest BCUT2D eigenvalue weighted by Crippen LogP contribution is -2.63. The van der Waals surface area contributed by atoms with Gasteiger partial charge in [0, 0.05) is 37.8 Å². The van der Waals surface area contributed by atoms with E-state index < -0.39 is 0 Å². The molecule has 2 aliphatic heterocycles. The number of piperidine rings is 1. The van der Waals surface area contributed by atoms with Gasteiger partial charge in [-0.2, -0.15) is 0 Å². The highest BCUT2D eigenvalue weighted by molar-refractivity contribution is 4.94. The Morgan fingerprint density at radius 3 is 2.50 bits per heavy atom. The SMILES string of the molecule is CC1CNC(C(C)(C)C)CN1C1CCCN(C)C1. The minimum atomic E-state index is 0.360. The van der Waals surface area contributed by atoms with Crippen LogP contribution in [0.3, 0.4) is 0 Å². The Bertz CT molecular complexity index is 271. The Morgan fingerprint density at radius 1 is 1.17 bits per heavy atom. The molecule has 0 spiro atoms. The van der Waals surface area contributed by atoms with Crippen LogP contribution in [-0.4, -0.2) is 61.2 Å². The first-order valence-corrected chi connectivity index (χ1v) is 7.55. The summed E-state index contributed by atoms with van der Waals surface area (Å²) in [6.45, 7) is 14.3. The summed E-state index contributed by atoms with van der Waals surface area (Å²) in [5.41, 5.74) is 0.360. The summed E-state index contributed by atoms with van der Waals surface area (Å²) in [5.74, 6) is 0. The average molecular weight is 253 g/mol. The van der Waals surface area contributed by atoms with Crippen molar-refractivity contribution in [3.8, 4) is 0 Å². The molecular formula is C15H31N3. The van der Waals surface area contributed by atoms with Crippen LogP contribution < -0.4 is 5.32 Å². The van der Waals surface area contributed by atoms with Gasteiger partial charge in [0.1, 0.15) is 0 Å². The van der Waals surface area contributed by atoms with Crippen molar-refractivity contribution in [3.05, 3.63) is 0 Å². The minimum absolute atomic E-state index is 0.360. The largest absolute Gasteiger partial charge is 0.311 e. The van der Waals surface area contributed by atoms with Gasteiger partial charge in [-0.05, 0) is 38.8 Å². The summed E-state index contributed by atoms with van der Waals surface area (Å²) in [4.78, 5) is 5.26. The van der Waals surface area contributed by atoms with Crippen LogP contribution in [0.15, 0.2) is 0 Å². The highest BCUT2D eigenvalue weighted by atomic mass is 15.3. The van der Waals surface area contributed by atoms with E-state index in [-0.39, 0.29) is 0 Å². The smallest absolute Gasteiger partial charge is 0.0244 e. The fourth-order valence-electron chi connectivity index (χ4n) is 3.38. The zero-order valence-corrected chi connectivity index (χ0v) is 12.9. The van der Waals surface area contributed by atoms with Crippen molar-refractivity contribution in [2.24, 2.45) is 5.41 Å². The third kappa shape index (κ3) is 3.25. The number of piperazine rings is 1. The number of rotatable bonds is 1. The van der Waals surface area contributed by atoms with Crippen molar-refractivity contribution in [2.45, 2.75) is 58.7 Å². The molecule has 3 unspecified atom stereocenters. The molecule has 3 heteroatoms. The predicted molar refractivity (Wildman–Crippen MR) is 77.9 cm³/mol. The van der Waals surface area contributed by atoms with Crippen molar-refractivity contribution in [3.63, 3.8) is 0 Å². The molecule has 0 radical (unpaired) electrons. The van der Waals surface area contributed by atoms with Crippen LogP contribution >= 0.6 is 0 Å². The molecule has 0 aromatic carbocycles. The van der Waals surface area contributed by atoms with Gasteiger partial charge in [0.05, 0.1) is 0 Å². The molecule has 2 rings (SSSR count). The third-order valence-corrected chi connectivity index (χ3v) is 4.73. The first-order valence-electron chi connectivity index (χ1n) is 7.55. The standard InChI is InChI=1S/C15H31N3/c1-12-9-16-14(15(2,3)4)11-18(12)13-7-6-8-17(5)10-13/h12-14,16H,6-11H2,1-5H3. The molecule has 0 aliphatic carbocycles. The number of likely N-dealkylation sites (N-methyl/N-ethyl adjacent to an activating group) is 1. The van der Waals surface area contributed by atoms with E-state index in [4.69, 9.17) is 0 Å². The van der Waals surface area contributed by atoms with Gasteiger partial charge in [-0.25, -0.2) is 0 Å². The van der Waals surface area contributed by atoms with Gasteiger partial charge >= 0.3 is 0 Å². The molecule has 2 heterocycles. The fraction of sp³-hybridized carbons (Fsp3) is 1.00. The van der Waals surface area contributed by atoms with Gasteiger partial charge in [0.15, 0.2) is 0 Å². The number of likely N-dealkylation sites (tertiary alicyclic amines) is 1. The van der Waals surface area contributed by atoms with E-state index in [1.54, 1.807) is 0 Å². The van der Waals surface area contributed by atoms with E-state index in [1.807, 2.05) is 0 Å². The highest BCUT2D eigenvalue weighted by Crippen LogP contribution is 2.26. The molecule has 3 atom stereocenters. The maximum Gasteiger partial charge on any atom is 0.0244 e. The molecule has 0 aromatic heterocycles.